The predicted octanol–water partition coefficient (Wildman–Crippen LogP) is 3.21. The summed E-state index contributed by atoms with van der Waals surface area (Å²) in [6, 6.07) is 7.96. The molecule has 0 bridgehead atoms. The third-order valence-corrected chi connectivity index (χ3v) is 4.21. The predicted molar refractivity (Wildman–Crippen MR) is 89.4 cm³/mol. The van der Waals surface area contributed by atoms with Crippen LogP contribution in [0.1, 0.15) is 28.8 Å². The first-order valence-corrected chi connectivity index (χ1v) is 7.95. The van der Waals surface area contributed by atoms with E-state index < -0.39 is 5.97 Å². The molecule has 0 fully saturated rings. The standard InChI is InChI=1S/C16H15BrN4O2/c1-4-12-13(10-5-7-11(17)8-6-10)15-19-18-14(16(22)23-3)9(2)21(15)20-12/h5-8H,4H2,1-3H3. The molecular formula is C16H15BrN4O2. The van der Waals surface area contributed by atoms with E-state index in [0.29, 0.717) is 11.3 Å². The second-order valence-electron chi connectivity index (χ2n) is 5.04. The molecular weight excluding hydrogens is 360 g/mol. The number of ether oxygens (including phenoxy) is 1. The lowest BCUT2D eigenvalue weighted by atomic mass is 10.0. The normalized spacial score (nSPS) is 11.0. The van der Waals surface area contributed by atoms with Crippen molar-refractivity contribution in [2.75, 3.05) is 7.11 Å². The molecule has 0 saturated heterocycles. The SMILES string of the molecule is CCc1nn2c(C)c(C(=O)OC)nnc2c1-c1ccc(Br)cc1. The molecule has 3 aromatic rings. The van der Waals surface area contributed by atoms with Gasteiger partial charge in [-0.15, -0.1) is 10.2 Å². The Hall–Kier alpha value is -2.28. The summed E-state index contributed by atoms with van der Waals surface area (Å²) in [6.45, 7) is 3.82. The number of benzene rings is 1. The van der Waals surface area contributed by atoms with Gasteiger partial charge in [-0.1, -0.05) is 35.0 Å². The van der Waals surface area contributed by atoms with Crippen molar-refractivity contribution in [2.45, 2.75) is 20.3 Å². The number of methoxy groups -OCH3 is 1. The molecule has 23 heavy (non-hydrogen) atoms. The van der Waals surface area contributed by atoms with E-state index >= 15 is 0 Å². The van der Waals surface area contributed by atoms with Gasteiger partial charge in [0.1, 0.15) is 0 Å². The summed E-state index contributed by atoms with van der Waals surface area (Å²) in [5, 5.41) is 12.9. The second-order valence-corrected chi connectivity index (χ2v) is 5.96. The lowest BCUT2D eigenvalue weighted by Crippen LogP contribution is -2.12. The number of halogens is 1. The fourth-order valence-corrected chi connectivity index (χ4v) is 2.76. The molecule has 0 radical (unpaired) electrons. The first kappa shape index (κ1) is 15.6. The number of rotatable bonds is 3. The van der Waals surface area contributed by atoms with E-state index in [1.165, 1.54) is 7.11 Å². The second kappa shape index (κ2) is 6.08. The van der Waals surface area contributed by atoms with Crippen molar-refractivity contribution in [3.63, 3.8) is 0 Å². The Kier molecular flexibility index (Phi) is 4.12. The van der Waals surface area contributed by atoms with E-state index in [-0.39, 0.29) is 5.69 Å². The first-order valence-electron chi connectivity index (χ1n) is 7.16. The number of hydrogen-bond acceptors (Lipinski definition) is 5. The highest BCUT2D eigenvalue weighted by atomic mass is 79.9. The van der Waals surface area contributed by atoms with Crippen molar-refractivity contribution in [3.05, 3.63) is 45.8 Å². The monoisotopic (exact) mass is 374 g/mol. The smallest absolute Gasteiger partial charge is 0.360 e. The van der Waals surface area contributed by atoms with Crippen LogP contribution in [0.3, 0.4) is 0 Å². The van der Waals surface area contributed by atoms with Gasteiger partial charge in [-0.3, -0.25) is 0 Å². The van der Waals surface area contributed by atoms with Gasteiger partial charge in [0.25, 0.3) is 0 Å². The molecule has 6 nitrogen and oxygen atoms in total. The van der Waals surface area contributed by atoms with Gasteiger partial charge in [-0.2, -0.15) is 5.10 Å². The average molecular weight is 375 g/mol. The summed E-state index contributed by atoms with van der Waals surface area (Å²) >= 11 is 3.44. The zero-order chi connectivity index (χ0) is 16.6. The third-order valence-electron chi connectivity index (χ3n) is 3.69. The summed E-state index contributed by atoms with van der Waals surface area (Å²) in [7, 11) is 1.32. The van der Waals surface area contributed by atoms with Crippen molar-refractivity contribution in [2.24, 2.45) is 0 Å². The van der Waals surface area contributed by atoms with Gasteiger partial charge < -0.3 is 4.74 Å². The number of nitrogens with zero attached hydrogens (tertiary/aromatic N) is 4. The van der Waals surface area contributed by atoms with Gasteiger partial charge in [-0.05, 0) is 31.0 Å². The maximum absolute atomic E-state index is 11.8. The zero-order valence-corrected chi connectivity index (χ0v) is 14.6. The van der Waals surface area contributed by atoms with Crippen LogP contribution in [-0.2, 0) is 11.2 Å². The number of aromatic nitrogens is 4. The summed E-state index contributed by atoms with van der Waals surface area (Å²) in [6.07, 6.45) is 0.752. The molecule has 0 amide bonds. The highest BCUT2D eigenvalue weighted by Crippen LogP contribution is 2.29. The van der Waals surface area contributed by atoms with Crippen LogP contribution in [0.15, 0.2) is 28.7 Å². The van der Waals surface area contributed by atoms with E-state index in [2.05, 4.69) is 31.2 Å². The quantitative estimate of drug-likeness (QED) is 0.658. The van der Waals surface area contributed by atoms with Crippen LogP contribution in [0.2, 0.25) is 0 Å². The highest BCUT2D eigenvalue weighted by molar-refractivity contribution is 9.10. The van der Waals surface area contributed by atoms with Gasteiger partial charge in [-0.25, -0.2) is 9.31 Å². The Balaban J connectivity index is 2.28. The number of carbonyl (C=O) groups excluding carboxylic acids is 1. The summed E-state index contributed by atoms with van der Waals surface area (Å²) in [5.74, 6) is -0.518. The maximum atomic E-state index is 11.8. The Morgan fingerprint density at radius 3 is 2.57 bits per heavy atom. The minimum atomic E-state index is -0.518. The van der Waals surface area contributed by atoms with Crippen molar-refractivity contribution < 1.29 is 9.53 Å². The molecule has 0 unspecified atom stereocenters. The molecule has 0 aliphatic carbocycles. The molecule has 0 aliphatic rings. The van der Waals surface area contributed by atoms with Gasteiger partial charge in [0.15, 0.2) is 11.3 Å². The van der Waals surface area contributed by atoms with Crippen LogP contribution in [0.4, 0.5) is 0 Å². The number of hydrogen-bond donors (Lipinski definition) is 0. The van der Waals surface area contributed by atoms with Gasteiger partial charge in [0, 0.05) is 4.47 Å². The number of fused-ring (bicyclic) bond motifs is 1. The molecule has 2 heterocycles. The molecule has 0 saturated carbocycles. The van der Waals surface area contributed by atoms with E-state index in [1.54, 1.807) is 11.4 Å². The molecule has 118 valence electrons. The Morgan fingerprint density at radius 1 is 1.26 bits per heavy atom. The van der Waals surface area contributed by atoms with E-state index in [9.17, 15) is 4.79 Å². The third kappa shape index (κ3) is 2.61. The largest absolute Gasteiger partial charge is 0.464 e. The van der Waals surface area contributed by atoms with E-state index in [0.717, 1.165) is 27.7 Å². The summed E-state index contributed by atoms with van der Waals surface area (Å²) in [5.41, 5.74) is 4.28. The number of carbonyl (C=O) groups is 1. The maximum Gasteiger partial charge on any atom is 0.360 e. The van der Waals surface area contributed by atoms with Crippen LogP contribution < -0.4 is 0 Å². The van der Waals surface area contributed by atoms with Gasteiger partial charge in [0.2, 0.25) is 0 Å². The average Bonchev–Trinajstić information content (AvgIpc) is 2.95. The molecule has 0 aliphatic heterocycles. The van der Waals surface area contributed by atoms with Crippen molar-refractivity contribution in [3.8, 4) is 11.1 Å². The lowest BCUT2D eigenvalue weighted by Gasteiger charge is -2.04. The fourth-order valence-electron chi connectivity index (χ4n) is 2.49. The van der Waals surface area contributed by atoms with Crippen LogP contribution in [0.25, 0.3) is 16.8 Å². The van der Waals surface area contributed by atoms with Gasteiger partial charge >= 0.3 is 5.97 Å². The van der Waals surface area contributed by atoms with Crippen molar-refractivity contribution in [1.82, 2.24) is 19.8 Å². The van der Waals surface area contributed by atoms with Crippen LogP contribution in [-0.4, -0.2) is 32.9 Å². The Morgan fingerprint density at radius 2 is 1.96 bits per heavy atom. The van der Waals surface area contributed by atoms with E-state index in [4.69, 9.17) is 4.74 Å². The molecule has 2 aromatic heterocycles. The number of esters is 1. The number of aryl methyl sites for hydroxylation is 2. The lowest BCUT2D eigenvalue weighted by molar-refractivity contribution is 0.0590. The van der Waals surface area contributed by atoms with Crippen LogP contribution >= 0.6 is 15.9 Å². The fraction of sp³-hybridized carbons (Fsp3) is 0.250. The molecule has 1 aromatic carbocycles. The van der Waals surface area contributed by atoms with Crippen molar-refractivity contribution >= 4 is 27.5 Å². The topological polar surface area (TPSA) is 69.4 Å². The van der Waals surface area contributed by atoms with E-state index in [1.807, 2.05) is 31.2 Å². The molecule has 0 spiro atoms. The molecule has 7 heteroatoms. The van der Waals surface area contributed by atoms with Crippen molar-refractivity contribution in [1.29, 1.82) is 0 Å². The summed E-state index contributed by atoms with van der Waals surface area (Å²) in [4.78, 5) is 11.8. The van der Waals surface area contributed by atoms with Gasteiger partial charge in [0.05, 0.1) is 24.1 Å². The zero-order valence-electron chi connectivity index (χ0n) is 13.0. The van der Waals surface area contributed by atoms with Crippen LogP contribution in [0, 0.1) is 6.92 Å². The first-order chi connectivity index (χ1) is 11.1. The Bertz CT molecular complexity index is 887. The minimum absolute atomic E-state index is 0.174. The summed E-state index contributed by atoms with van der Waals surface area (Å²) < 4.78 is 7.41. The van der Waals surface area contributed by atoms with Crippen LogP contribution in [0.5, 0.6) is 0 Å². The molecule has 0 N–H and O–H groups in total. The molecule has 3 rings (SSSR count). The molecule has 0 atom stereocenters. The Labute approximate surface area is 141 Å². The minimum Gasteiger partial charge on any atom is -0.464 e. The highest BCUT2D eigenvalue weighted by Gasteiger charge is 2.21.